The van der Waals surface area contributed by atoms with Gasteiger partial charge in [0.2, 0.25) is 0 Å². The molecule has 0 atom stereocenters. The Hall–Kier alpha value is -3.30. The Bertz CT molecular complexity index is 1280. The van der Waals surface area contributed by atoms with Crippen molar-refractivity contribution < 1.29 is 0 Å². The van der Waals surface area contributed by atoms with Gasteiger partial charge in [0.1, 0.15) is 0 Å². The van der Waals surface area contributed by atoms with E-state index in [1.165, 1.54) is 20.2 Å². The molecule has 3 heterocycles. The van der Waals surface area contributed by atoms with Crippen LogP contribution in [0.4, 0.5) is 0 Å². The van der Waals surface area contributed by atoms with Crippen molar-refractivity contribution in [2.24, 2.45) is 0 Å². The average Bonchev–Trinajstić information content (AvgIpc) is 3.13. The van der Waals surface area contributed by atoms with Crippen LogP contribution in [0.1, 0.15) is 0 Å². The van der Waals surface area contributed by atoms with Gasteiger partial charge in [0.25, 0.3) is 0 Å². The quantitative estimate of drug-likeness (QED) is 0.276. The number of pyridine rings is 2. The van der Waals surface area contributed by atoms with E-state index in [1.54, 1.807) is 12.4 Å². The summed E-state index contributed by atoms with van der Waals surface area (Å²) in [7, 11) is 0. The third kappa shape index (κ3) is 2.92. The largest absolute Gasteiger partial charge is 0.254 e. The number of hydrogen-bond donors (Lipinski definition) is 0. The molecule has 6 aromatic rings. The molecule has 3 heteroatoms. The van der Waals surface area contributed by atoms with Gasteiger partial charge in [0.15, 0.2) is 0 Å². The van der Waals surface area contributed by atoms with E-state index in [2.05, 4.69) is 82.8 Å². The summed E-state index contributed by atoms with van der Waals surface area (Å²) in [5.41, 5.74) is 1.95. The summed E-state index contributed by atoms with van der Waals surface area (Å²) in [6.07, 6.45) is 3.60. The maximum absolute atomic E-state index is 4.35. The Kier molecular flexibility index (Phi) is 4.00. The highest BCUT2D eigenvalue weighted by atomic mass is 32.1. The van der Waals surface area contributed by atoms with E-state index in [1.807, 2.05) is 23.5 Å². The molecule has 0 fully saturated rings. The number of rotatable bonds is 0. The molecule has 0 spiro atoms. The molecular formula is C24H16N2S. The van der Waals surface area contributed by atoms with Gasteiger partial charge in [-0.1, -0.05) is 60.7 Å². The zero-order chi connectivity index (χ0) is 18.1. The molecule has 2 nitrogen and oxygen atoms in total. The van der Waals surface area contributed by atoms with Gasteiger partial charge in [-0.05, 0) is 24.3 Å². The Morgan fingerprint density at radius 3 is 1.48 bits per heavy atom. The fourth-order valence-corrected chi connectivity index (χ4v) is 4.46. The van der Waals surface area contributed by atoms with Crippen LogP contribution in [0.25, 0.3) is 42.0 Å². The highest BCUT2D eigenvalue weighted by molar-refractivity contribution is 7.25. The third-order valence-corrected chi connectivity index (χ3v) is 5.78. The molecule has 27 heavy (non-hydrogen) atoms. The Balaban J connectivity index is 0.000000119. The summed E-state index contributed by atoms with van der Waals surface area (Å²) in [6.45, 7) is 0. The Labute approximate surface area is 160 Å². The van der Waals surface area contributed by atoms with Crippen LogP contribution in [-0.2, 0) is 0 Å². The second-order valence-electron chi connectivity index (χ2n) is 6.31. The highest BCUT2D eigenvalue weighted by Crippen LogP contribution is 2.32. The van der Waals surface area contributed by atoms with Crippen LogP contribution in [0.15, 0.2) is 97.3 Å². The van der Waals surface area contributed by atoms with Crippen LogP contribution in [0, 0.1) is 0 Å². The third-order valence-electron chi connectivity index (χ3n) is 4.63. The molecular weight excluding hydrogens is 348 g/mol. The molecule has 3 aromatic heterocycles. The van der Waals surface area contributed by atoms with Gasteiger partial charge in [-0.25, -0.2) is 0 Å². The number of aromatic nitrogens is 2. The molecule has 0 aliphatic heterocycles. The number of thiophene rings is 1. The molecule has 6 rings (SSSR count). The maximum atomic E-state index is 4.35. The molecule has 0 aliphatic carbocycles. The monoisotopic (exact) mass is 364 g/mol. The first-order valence-corrected chi connectivity index (χ1v) is 9.66. The second-order valence-corrected chi connectivity index (χ2v) is 7.39. The van der Waals surface area contributed by atoms with E-state index in [-0.39, 0.29) is 0 Å². The van der Waals surface area contributed by atoms with Gasteiger partial charge in [-0.15, -0.1) is 11.3 Å². The molecule has 0 bridgehead atoms. The molecule has 0 radical (unpaired) electrons. The number of hydrogen-bond acceptors (Lipinski definition) is 3. The van der Waals surface area contributed by atoms with Gasteiger partial charge in [-0.3, -0.25) is 9.97 Å². The van der Waals surface area contributed by atoms with E-state index >= 15 is 0 Å². The van der Waals surface area contributed by atoms with Gasteiger partial charge in [0, 0.05) is 43.3 Å². The summed E-state index contributed by atoms with van der Waals surface area (Å²) in [6, 6.07) is 29.3. The van der Waals surface area contributed by atoms with Crippen molar-refractivity contribution in [2.45, 2.75) is 0 Å². The minimum Gasteiger partial charge on any atom is -0.254 e. The zero-order valence-corrected chi connectivity index (χ0v) is 15.4. The lowest BCUT2D eigenvalue weighted by Crippen LogP contribution is -1.83. The second kappa shape index (κ2) is 6.78. The van der Waals surface area contributed by atoms with Crippen LogP contribution >= 0.6 is 11.3 Å². The van der Waals surface area contributed by atoms with Crippen molar-refractivity contribution in [3.05, 3.63) is 97.3 Å². The lowest BCUT2D eigenvalue weighted by atomic mass is 10.1. The molecule has 0 saturated heterocycles. The van der Waals surface area contributed by atoms with Crippen LogP contribution in [0.2, 0.25) is 0 Å². The van der Waals surface area contributed by atoms with E-state index < -0.39 is 0 Å². The summed E-state index contributed by atoms with van der Waals surface area (Å²) in [4.78, 5) is 8.69. The van der Waals surface area contributed by atoms with E-state index in [0.717, 1.165) is 21.8 Å². The van der Waals surface area contributed by atoms with Crippen molar-refractivity contribution in [3.63, 3.8) is 0 Å². The minimum atomic E-state index is 0.977. The summed E-state index contributed by atoms with van der Waals surface area (Å²) >= 11 is 1.86. The lowest BCUT2D eigenvalue weighted by molar-refractivity contribution is 1.37. The molecule has 0 aliphatic rings. The van der Waals surface area contributed by atoms with Crippen molar-refractivity contribution in [1.29, 1.82) is 0 Å². The van der Waals surface area contributed by atoms with Crippen molar-refractivity contribution in [1.82, 2.24) is 9.97 Å². The maximum Gasteiger partial charge on any atom is 0.0964 e. The smallest absolute Gasteiger partial charge is 0.0964 e. The summed E-state index contributed by atoms with van der Waals surface area (Å²) in [5.74, 6) is 0. The van der Waals surface area contributed by atoms with E-state index in [4.69, 9.17) is 0 Å². The van der Waals surface area contributed by atoms with Gasteiger partial charge in [0.05, 0.1) is 11.0 Å². The van der Waals surface area contributed by atoms with Crippen LogP contribution in [-0.4, -0.2) is 9.97 Å². The molecule has 0 N–H and O–H groups in total. The van der Waals surface area contributed by atoms with Gasteiger partial charge in [-0.2, -0.15) is 0 Å². The van der Waals surface area contributed by atoms with Crippen LogP contribution in [0.3, 0.4) is 0 Å². The molecule has 0 amide bonds. The highest BCUT2D eigenvalue weighted by Gasteiger charge is 2.01. The molecule has 3 aromatic carbocycles. The number of benzene rings is 3. The SMILES string of the molecule is c1ccc2c(c1)sc1ccccc12.c1cnc2c(c1)ccc1cccnc12. The normalized spacial score (nSPS) is 11.0. The van der Waals surface area contributed by atoms with Crippen LogP contribution < -0.4 is 0 Å². The molecule has 128 valence electrons. The molecule has 0 unspecified atom stereocenters. The topological polar surface area (TPSA) is 25.8 Å². The Morgan fingerprint density at radius 2 is 0.963 bits per heavy atom. The van der Waals surface area contributed by atoms with Crippen molar-refractivity contribution in [3.8, 4) is 0 Å². The summed E-state index contributed by atoms with van der Waals surface area (Å²) in [5, 5.41) is 5.03. The van der Waals surface area contributed by atoms with Crippen molar-refractivity contribution >= 4 is 53.3 Å². The average molecular weight is 364 g/mol. The Morgan fingerprint density at radius 1 is 0.481 bits per heavy atom. The first kappa shape index (κ1) is 15.9. The standard InChI is InChI=1S/C12H8N2.C12H8S/c1-3-9-5-6-10-4-2-8-14-12(10)11(9)13-7-1;1-3-7-11-9(5-1)10-6-2-4-8-12(10)13-11/h1-8H;1-8H. The summed E-state index contributed by atoms with van der Waals surface area (Å²) < 4.78 is 2.76. The predicted octanol–water partition coefficient (Wildman–Crippen LogP) is 6.84. The first-order valence-electron chi connectivity index (χ1n) is 8.85. The fourth-order valence-electron chi connectivity index (χ4n) is 3.35. The molecule has 0 saturated carbocycles. The van der Waals surface area contributed by atoms with Gasteiger partial charge < -0.3 is 0 Å². The van der Waals surface area contributed by atoms with E-state index in [9.17, 15) is 0 Å². The van der Waals surface area contributed by atoms with E-state index in [0.29, 0.717) is 0 Å². The van der Waals surface area contributed by atoms with Crippen LogP contribution in [0.5, 0.6) is 0 Å². The minimum absolute atomic E-state index is 0.977. The number of nitrogens with zero attached hydrogens (tertiary/aromatic N) is 2. The van der Waals surface area contributed by atoms with Crippen molar-refractivity contribution in [2.75, 3.05) is 0 Å². The lowest BCUT2D eigenvalue weighted by Gasteiger charge is -2.00. The first-order chi connectivity index (χ1) is 13.4. The predicted molar refractivity (Wildman–Crippen MR) is 116 cm³/mol. The zero-order valence-electron chi connectivity index (χ0n) is 14.5. The van der Waals surface area contributed by atoms with Gasteiger partial charge >= 0.3 is 0 Å². The fraction of sp³-hybridized carbons (Fsp3) is 0. The number of fused-ring (bicyclic) bond motifs is 6.